The van der Waals surface area contributed by atoms with E-state index in [1.165, 1.54) is 0 Å². The molecule has 0 aliphatic carbocycles. The van der Waals surface area contributed by atoms with Gasteiger partial charge in [-0.1, -0.05) is 19.3 Å². The van der Waals surface area contributed by atoms with E-state index in [2.05, 4.69) is 5.32 Å². The van der Waals surface area contributed by atoms with Crippen LogP contribution in [0.4, 0.5) is 4.39 Å². The molecule has 130 valence electrons. The summed E-state index contributed by atoms with van der Waals surface area (Å²) in [5.74, 6) is -0.765. The van der Waals surface area contributed by atoms with Crippen LogP contribution in [0.1, 0.15) is 51.9 Å². The van der Waals surface area contributed by atoms with Crippen LogP contribution in [0.3, 0.4) is 0 Å². The molecule has 22 heavy (non-hydrogen) atoms. The largest absolute Gasteiger partial charge is 0.477 e. The molecule has 0 aromatic rings. The lowest BCUT2D eigenvalue weighted by molar-refractivity contribution is -0.883. The summed E-state index contributed by atoms with van der Waals surface area (Å²) >= 11 is 0. The zero-order chi connectivity index (χ0) is 17.0. The van der Waals surface area contributed by atoms with Crippen LogP contribution in [0.5, 0.6) is 0 Å². The van der Waals surface area contributed by atoms with Crippen LogP contribution in [0.15, 0.2) is 0 Å². The Balaban J connectivity index is 3.52. The third kappa shape index (κ3) is 13.8. The number of carbonyl (C=O) groups excluding carboxylic acids is 1. The number of unbranched alkanes of at least 4 members (excludes halogenated alkanes) is 3. The van der Waals surface area contributed by atoms with E-state index in [4.69, 9.17) is 5.11 Å². The Morgan fingerprint density at radius 2 is 1.77 bits per heavy atom. The maximum atomic E-state index is 12.6. The topological polar surface area (TPSA) is 66.4 Å². The number of quaternary nitrogens is 1. The number of carboxylic acids is 1. The molecule has 1 atom stereocenters. The first-order valence-corrected chi connectivity index (χ1v) is 8.17. The summed E-state index contributed by atoms with van der Waals surface area (Å²) in [6.45, 7) is 2.96. The van der Waals surface area contributed by atoms with Crippen molar-refractivity contribution in [1.29, 1.82) is 0 Å². The van der Waals surface area contributed by atoms with Crippen molar-refractivity contribution in [2.75, 3.05) is 33.7 Å². The van der Waals surface area contributed by atoms with Gasteiger partial charge in [0, 0.05) is 19.4 Å². The molecule has 0 spiro atoms. The average Bonchev–Trinajstić information content (AvgIpc) is 2.37. The molecule has 0 heterocycles. The van der Waals surface area contributed by atoms with Gasteiger partial charge in [0.05, 0.1) is 26.8 Å². The maximum absolute atomic E-state index is 12.6. The minimum Gasteiger partial charge on any atom is -0.477 e. The van der Waals surface area contributed by atoms with E-state index in [1.807, 2.05) is 14.1 Å². The zero-order valence-electron chi connectivity index (χ0n) is 14.2. The number of carbonyl (C=O) groups is 2. The second-order valence-corrected chi connectivity index (χ2v) is 6.65. The number of nitrogens with zero attached hydrogens (tertiary/aromatic N) is 1. The first-order chi connectivity index (χ1) is 10.2. The first kappa shape index (κ1) is 20.8. The second kappa shape index (κ2) is 11.4. The minimum absolute atomic E-state index is 0.0439. The molecule has 5 nitrogen and oxygen atoms in total. The van der Waals surface area contributed by atoms with Gasteiger partial charge in [-0.25, -0.2) is 9.18 Å². The SMILES string of the molecule is CC(F)CCCCCCC(=O)NCCC[N+](C)(C)CC(=O)O. The van der Waals surface area contributed by atoms with Gasteiger partial charge in [0.15, 0.2) is 6.54 Å². The van der Waals surface area contributed by atoms with Crippen LogP contribution < -0.4 is 5.32 Å². The van der Waals surface area contributed by atoms with Crippen molar-refractivity contribution in [2.45, 2.75) is 58.0 Å². The van der Waals surface area contributed by atoms with Crippen molar-refractivity contribution < 1.29 is 23.6 Å². The highest BCUT2D eigenvalue weighted by atomic mass is 19.1. The highest BCUT2D eigenvalue weighted by Gasteiger charge is 2.18. The highest BCUT2D eigenvalue weighted by molar-refractivity contribution is 5.75. The molecule has 0 aliphatic heterocycles. The number of hydrogen-bond donors (Lipinski definition) is 2. The van der Waals surface area contributed by atoms with Gasteiger partial charge in [-0.2, -0.15) is 0 Å². The highest BCUT2D eigenvalue weighted by Crippen LogP contribution is 2.08. The molecule has 0 aromatic carbocycles. The van der Waals surface area contributed by atoms with Gasteiger partial charge in [-0.05, 0) is 19.8 Å². The molecular formula is C16H32FN2O3+. The van der Waals surface area contributed by atoms with Gasteiger partial charge in [0.1, 0.15) is 0 Å². The first-order valence-electron chi connectivity index (χ1n) is 8.17. The fourth-order valence-corrected chi connectivity index (χ4v) is 2.33. The standard InChI is InChI=1S/C16H31FN2O3/c1-14(17)9-6-4-5-7-10-15(20)18-11-8-12-19(2,3)13-16(21)22/h14H,4-13H2,1-3H3,(H-,18,20,21,22)/p+1. The monoisotopic (exact) mass is 319 g/mol. The van der Waals surface area contributed by atoms with E-state index < -0.39 is 12.1 Å². The molecule has 0 radical (unpaired) electrons. The molecule has 1 amide bonds. The normalized spacial score (nSPS) is 12.9. The quantitative estimate of drug-likeness (QED) is 0.404. The number of alkyl halides is 1. The van der Waals surface area contributed by atoms with Crippen molar-refractivity contribution in [2.24, 2.45) is 0 Å². The van der Waals surface area contributed by atoms with Crippen molar-refractivity contribution in [3.63, 3.8) is 0 Å². The Hall–Kier alpha value is -1.17. The maximum Gasteiger partial charge on any atom is 0.359 e. The Morgan fingerprint density at radius 1 is 1.14 bits per heavy atom. The second-order valence-electron chi connectivity index (χ2n) is 6.65. The van der Waals surface area contributed by atoms with Crippen LogP contribution in [0.25, 0.3) is 0 Å². The summed E-state index contributed by atoms with van der Waals surface area (Å²) in [5.41, 5.74) is 0. The smallest absolute Gasteiger partial charge is 0.359 e. The number of hydrogen-bond acceptors (Lipinski definition) is 2. The molecule has 0 aliphatic rings. The summed E-state index contributed by atoms with van der Waals surface area (Å²) in [6, 6.07) is 0. The lowest BCUT2D eigenvalue weighted by atomic mass is 10.1. The molecule has 1 unspecified atom stereocenters. The van der Waals surface area contributed by atoms with E-state index >= 15 is 0 Å². The Kier molecular flexibility index (Phi) is 10.8. The molecular weight excluding hydrogens is 287 g/mol. The van der Waals surface area contributed by atoms with Crippen LogP contribution in [-0.2, 0) is 9.59 Å². The van der Waals surface area contributed by atoms with E-state index in [9.17, 15) is 14.0 Å². The molecule has 0 bridgehead atoms. The summed E-state index contributed by atoms with van der Waals surface area (Å²) in [4.78, 5) is 22.3. The molecule has 0 saturated heterocycles. The summed E-state index contributed by atoms with van der Waals surface area (Å²) in [6.07, 6.45) is 4.82. The van der Waals surface area contributed by atoms with Crippen LogP contribution in [-0.4, -0.2) is 61.4 Å². The Labute approximate surface area is 133 Å². The van der Waals surface area contributed by atoms with Gasteiger partial charge >= 0.3 is 5.97 Å². The predicted octanol–water partition coefficient (Wildman–Crippen LogP) is 2.35. The fraction of sp³-hybridized carbons (Fsp3) is 0.875. The number of halogens is 1. The number of aliphatic carboxylic acids is 1. The fourth-order valence-electron chi connectivity index (χ4n) is 2.33. The minimum atomic E-state index is -0.809. The average molecular weight is 319 g/mol. The third-order valence-corrected chi connectivity index (χ3v) is 3.58. The Morgan fingerprint density at radius 3 is 2.36 bits per heavy atom. The van der Waals surface area contributed by atoms with Gasteiger partial charge in [-0.15, -0.1) is 0 Å². The van der Waals surface area contributed by atoms with E-state index in [1.54, 1.807) is 6.92 Å². The number of rotatable bonds is 13. The van der Waals surface area contributed by atoms with Crippen LogP contribution >= 0.6 is 0 Å². The van der Waals surface area contributed by atoms with Crippen molar-refractivity contribution in [1.82, 2.24) is 5.32 Å². The van der Waals surface area contributed by atoms with Gasteiger partial charge in [-0.3, -0.25) is 4.79 Å². The number of likely N-dealkylation sites (N-methyl/N-ethyl adjacent to an activating group) is 1. The number of amides is 1. The summed E-state index contributed by atoms with van der Waals surface area (Å²) < 4.78 is 13.0. The summed E-state index contributed by atoms with van der Waals surface area (Å²) in [7, 11) is 3.74. The number of nitrogens with one attached hydrogen (secondary N) is 1. The zero-order valence-corrected chi connectivity index (χ0v) is 14.2. The molecule has 6 heteroatoms. The van der Waals surface area contributed by atoms with E-state index in [-0.39, 0.29) is 12.5 Å². The lowest BCUT2D eigenvalue weighted by Crippen LogP contribution is -2.45. The third-order valence-electron chi connectivity index (χ3n) is 3.58. The number of carboxylic acid groups (broad SMARTS) is 1. The van der Waals surface area contributed by atoms with Crippen LogP contribution in [0, 0.1) is 0 Å². The Bertz CT molecular complexity index is 333. The molecule has 2 N–H and O–H groups in total. The predicted molar refractivity (Wildman–Crippen MR) is 85.4 cm³/mol. The van der Waals surface area contributed by atoms with Crippen molar-refractivity contribution in [3.8, 4) is 0 Å². The van der Waals surface area contributed by atoms with Crippen molar-refractivity contribution >= 4 is 11.9 Å². The molecule has 0 aromatic heterocycles. The molecule has 0 saturated carbocycles. The van der Waals surface area contributed by atoms with Gasteiger partial charge in [0.25, 0.3) is 0 Å². The molecule has 0 fully saturated rings. The van der Waals surface area contributed by atoms with E-state index in [0.29, 0.717) is 30.4 Å². The van der Waals surface area contributed by atoms with E-state index in [0.717, 1.165) is 32.1 Å². The summed E-state index contributed by atoms with van der Waals surface area (Å²) in [5, 5.41) is 11.6. The molecule has 0 rings (SSSR count). The van der Waals surface area contributed by atoms with Gasteiger partial charge in [0.2, 0.25) is 5.91 Å². The lowest BCUT2D eigenvalue weighted by Gasteiger charge is -2.27. The van der Waals surface area contributed by atoms with Crippen molar-refractivity contribution in [3.05, 3.63) is 0 Å². The van der Waals surface area contributed by atoms with Gasteiger partial charge < -0.3 is 14.9 Å². The van der Waals surface area contributed by atoms with Crippen LogP contribution in [0.2, 0.25) is 0 Å².